The van der Waals surface area contributed by atoms with Crippen LogP contribution in [0.25, 0.3) is 11.1 Å². The molecule has 0 fully saturated rings. The molecule has 1 amide bonds. The number of amides is 1. The molecule has 3 aromatic rings. The van der Waals surface area contributed by atoms with Gasteiger partial charge < -0.3 is 20.5 Å². The summed E-state index contributed by atoms with van der Waals surface area (Å²) in [5, 5.41) is 15.9. The molecule has 2 aromatic carbocycles. The van der Waals surface area contributed by atoms with Crippen LogP contribution >= 0.6 is 0 Å². The number of hydrogen-bond acceptors (Lipinski definition) is 8. The molecule has 1 aromatic heterocycles. The first-order valence-corrected chi connectivity index (χ1v) is 12.2. The highest BCUT2D eigenvalue weighted by Crippen LogP contribution is 2.28. The lowest BCUT2D eigenvalue weighted by atomic mass is 10.0. The number of carbonyl (C=O) groups excluding carboxylic acids is 1. The van der Waals surface area contributed by atoms with Crippen LogP contribution in [0.2, 0.25) is 0 Å². The summed E-state index contributed by atoms with van der Waals surface area (Å²) in [4.78, 5) is 20.9. The summed E-state index contributed by atoms with van der Waals surface area (Å²) in [6.45, 7) is 5.75. The molecule has 3 N–H and O–H groups in total. The highest BCUT2D eigenvalue weighted by atomic mass is 32.2. The number of nitrogens with zero attached hydrogens (tertiary/aromatic N) is 3. The predicted octanol–water partition coefficient (Wildman–Crippen LogP) is 4.42. The lowest BCUT2D eigenvalue weighted by molar-refractivity contribution is 0.164. The van der Waals surface area contributed by atoms with Gasteiger partial charge in [-0.2, -0.15) is 4.98 Å². The van der Waals surface area contributed by atoms with Crippen LogP contribution in [-0.2, 0) is 21.8 Å². The SMILES string of the molecule is CCOC(=O)/N=[SH](=O)/c1ccc(Nc2ncc(-c3ccc(CC)cc3)c(N[C@H](C)CO)n2)cc1. The topological polar surface area (TPSA) is 126 Å². The monoisotopic (exact) mass is 483 g/mol. The van der Waals surface area contributed by atoms with Gasteiger partial charge in [0.05, 0.1) is 23.8 Å². The summed E-state index contributed by atoms with van der Waals surface area (Å²) >= 11 is 0. The van der Waals surface area contributed by atoms with Gasteiger partial charge in [0.15, 0.2) is 0 Å². The summed E-state index contributed by atoms with van der Waals surface area (Å²) in [5.74, 6) is 0.950. The Bertz CT molecular complexity index is 1190. The lowest BCUT2D eigenvalue weighted by Crippen LogP contribution is -2.21. The summed E-state index contributed by atoms with van der Waals surface area (Å²) in [6, 6.07) is 14.6. The predicted molar refractivity (Wildman–Crippen MR) is 134 cm³/mol. The van der Waals surface area contributed by atoms with Gasteiger partial charge in [-0.3, -0.25) is 0 Å². The maximum atomic E-state index is 12.2. The molecule has 0 aliphatic carbocycles. The molecule has 0 radical (unpaired) electrons. The Labute approximate surface area is 200 Å². The van der Waals surface area contributed by atoms with E-state index < -0.39 is 16.7 Å². The number of ether oxygens (including phenoxy) is 1. The standard InChI is InChI=1S/C24H29N5O4S/c1-4-17-6-8-18(9-7-17)21-14-25-23(28-22(21)26-16(3)15-30)27-19-10-12-20(13-11-19)34(32)29-24(31)33-5-2/h6-14,16,30,34H,4-5,15H2,1-3H3,(H2,25,26,27,28)/t16-/m1/s1. The average molecular weight is 484 g/mol. The van der Waals surface area contributed by atoms with Crippen molar-refractivity contribution in [3.8, 4) is 11.1 Å². The van der Waals surface area contributed by atoms with Gasteiger partial charge in [-0.05, 0) is 55.7 Å². The third-order valence-electron chi connectivity index (χ3n) is 4.90. The summed E-state index contributed by atoms with van der Waals surface area (Å²) in [6.07, 6.45) is 1.84. The van der Waals surface area contributed by atoms with Gasteiger partial charge in [-0.25, -0.2) is 14.0 Å². The van der Waals surface area contributed by atoms with E-state index in [0.717, 1.165) is 17.5 Å². The van der Waals surface area contributed by atoms with Crippen LogP contribution in [0.4, 0.5) is 22.2 Å². The number of aryl methyl sites for hydroxylation is 1. The number of nitrogens with one attached hydrogen (secondary N) is 2. The molecule has 0 aliphatic rings. The molecule has 3 rings (SSSR count). The molecule has 0 saturated heterocycles. The van der Waals surface area contributed by atoms with Crippen molar-refractivity contribution in [3.63, 3.8) is 0 Å². The van der Waals surface area contributed by atoms with Crippen molar-refractivity contribution < 1.29 is 18.8 Å². The molecule has 0 aliphatic heterocycles. The summed E-state index contributed by atoms with van der Waals surface area (Å²) < 4.78 is 20.4. The Morgan fingerprint density at radius 2 is 1.85 bits per heavy atom. The second-order valence-electron chi connectivity index (χ2n) is 7.48. The van der Waals surface area contributed by atoms with E-state index in [1.165, 1.54) is 5.56 Å². The zero-order chi connectivity index (χ0) is 24.5. The number of carbonyl (C=O) groups is 1. The van der Waals surface area contributed by atoms with E-state index in [1.807, 2.05) is 19.1 Å². The van der Waals surface area contributed by atoms with E-state index >= 15 is 0 Å². The van der Waals surface area contributed by atoms with Gasteiger partial charge in [-0.1, -0.05) is 31.2 Å². The van der Waals surface area contributed by atoms with Crippen LogP contribution in [0.15, 0.2) is 64.0 Å². The largest absolute Gasteiger partial charge is 0.448 e. The van der Waals surface area contributed by atoms with Crippen LogP contribution in [-0.4, -0.2) is 44.6 Å². The maximum Gasteiger partial charge on any atom is 0.441 e. The van der Waals surface area contributed by atoms with Gasteiger partial charge in [-0.15, -0.1) is 4.36 Å². The van der Waals surface area contributed by atoms with Crippen molar-refractivity contribution in [1.82, 2.24) is 9.97 Å². The molecule has 0 bridgehead atoms. The van der Waals surface area contributed by atoms with E-state index in [1.54, 1.807) is 37.4 Å². The van der Waals surface area contributed by atoms with Crippen LogP contribution in [0.5, 0.6) is 0 Å². The molecular formula is C24H29N5O4S. The number of hydrogen-bond donors (Lipinski definition) is 4. The Balaban J connectivity index is 1.83. The maximum absolute atomic E-state index is 12.2. The Morgan fingerprint density at radius 3 is 2.47 bits per heavy atom. The minimum Gasteiger partial charge on any atom is -0.448 e. The van der Waals surface area contributed by atoms with E-state index in [4.69, 9.17) is 4.74 Å². The van der Waals surface area contributed by atoms with Gasteiger partial charge in [0.25, 0.3) is 0 Å². The number of rotatable bonds is 9. The van der Waals surface area contributed by atoms with Crippen molar-refractivity contribution in [2.24, 2.45) is 4.36 Å². The fourth-order valence-electron chi connectivity index (χ4n) is 3.05. The quantitative estimate of drug-likeness (QED) is 0.330. The fraction of sp³-hybridized carbons (Fsp3) is 0.292. The van der Waals surface area contributed by atoms with Crippen molar-refractivity contribution in [2.45, 2.75) is 38.1 Å². The third kappa shape index (κ3) is 6.75. The van der Waals surface area contributed by atoms with E-state index in [2.05, 4.69) is 44.0 Å². The zero-order valence-corrected chi connectivity index (χ0v) is 20.3. The second-order valence-corrected chi connectivity index (χ2v) is 8.74. The summed E-state index contributed by atoms with van der Waals surface area (Å²) in [7, 11) is -2.24. The van der Waals surface area contributed by atoms with Gasteiger partial charge in [0, 0.05) is 28.4 Å². The van der Waals surface area contributed by atoms with Gasteiger partial charge >= 0.3 is 6.09 Å². The molecule has 10 heteroatoms. The molecular weight excluding hydrogens is 454 g/mol. The minimum atomic E-state index is -2.24. The van der Waals surface area contributed by atoms with E-state index in [9.17, 15) is 14.1 Å². The molecule has 0 spiro atoms. The second kappa shape index (κ2) is 12.1. The minimum absolute atomic E-state index is 0.0442. The molecule has 34 heavy (non-hydrogen) atoms. The molecule has 1 heterocycles. The number of benzene rings is 2. The fourth-order valence-corrected chi connectivity index (χ4v) is 3.77. The van der Waals surface area contributed by atoms with Crippen LogP contribution < -0.4 is 10.6 Å². The number of aliphatic hydroxyl groups excluding tert-OH is 1. The number of thiol groups is 1. The zero-order valence-electron chi connectivity index (χ0n) is 19.4. The van der Waals surface area contributed by atoms with Crippen LogP contribution in [0.3, 0.4) is 0 Å². The number of aromatic nitrogens is 2. The highest BCUT2D eigenvalue weighted by Gasteiger charge is 2.12. The van der Waals surface area contributed by atoms with Crippen molar-refractivity contribution in [1.29, 1.82) is 0 Å². The Hall–Kier alpha value is -3.50. The molecule has 0 saturated carbocycles. The first-order valence-electron chi connectivity index (χ1n) is 11.0. The number of aliphatic hydroxyl groups is 1. The number of anilines is 3. The van der Waals surface area contributed by atoms with Gasteiger partial charge in [0.1, 0.15) is 5.82 Å². The Kier molecular flexibility index (Phi) is 8.94. The van der Waals surface area contributed by atoms with E-state index in [0.29, 0.717) is 22.3 Å². The molecule has 2 atom stereocenters. The molecule has 1 unspecified atom stereocenters. The molecule has 9 nitrogen and oxygen atoms in total. The van der Waals surface area contributed by atoms with Crippen molar-refractivity contribution >= 4 is 34.1 Å². The first-order chi connectivity index (χ1) is 16.4. The van der Waals surface area contributed by atoms with Crippen LogP contribution in [0, 0.1) is 0 Å². The first kappa shape index (κ1) is 25.1. The summed E-state index contributed by atoms with van der Waals surface area (Å²) in [5.41, 5.74) is 3.70. The smallest absolute Gasteiger partial charge is 0.441 e. The van der Waals surface area contributed by atoms with Crippen molar-refractivity contribution in [3.05, 3.63) is 60.3 Å². The normalized spacial score (nSPS) is 12.7. The Morgan fingerprint density at radius 1 is 1.15 bits per heavy atom. The highest BCUT2D eigenvalue weighted by molar-refractivity contribution is 7.75. The lowest BCUT2D eigenvalue weighted by Gasteiger charge is -2.17. The van der Waals surface area contributed by atoms with Gasteiger partial charge in [0.2, 0.25) is 5.95 Å². The van der Waals surface area contributed by atoms with Crippen molar-refractivity contribution in [2.75, 3.05) is 23.8 Å². The van der Waals surface area contributed by atoms with Crippen LogP contribution in [0.1, 0.15) is 26.3 Å². The molecule has 180 valence electrons. The third-order valence-corrected chi connectivity index (χ3v) is 5.99. The average Bonchev–Trinajstić information content (AvgIpc) is 2.85. The van der Waals surface area contributed by atoms with E-state index in [-0.39, 0.29) is 19.3 Å².